The molecule has 0 bridgehead atoms. The zero-order valence-electron chi connectivity index (χ0n) is 14.0. The number of ether oxygens (including phenoxy) is 2. The van der Waals surface area contributed by atoms with Gasteiger partial charge in [-0.1, -0.05) is 5.16 Å². The number of oxime groups is 1. The fraction of sp³-hybridized carbons (Fsp3) is 0.375. The van der Waals surface area contributed by atoms with Crippen LogP contribution in [0.2, 0.25) is 0 Å². The second kappa shape index (κ2) is 7.53. The standard InChI is InChI=1S/C16H20N4O3/c1-10-6-11(2)19-14(7-10)12(3)20-23-8-13-15(21-4)17-9-18-16(13)22-5/h6-7,9H,8H2,1-5H3/b20-12+. The van der Waals surface area contributed by atoms with Crippen molar-refractivity contribution in [3.8, 4) is 11.8 Å². The smallest absolute Gasteiger partial charge is 0.226 e. The van der Waals surface area contributed by atoms with Crippen LogP contribution in [0.25, 0.3) is 0 Å². The Morgan fingerprint density at radius 1 is 1.09 bits per heavy atom. The molecule has 0 aliphatic heterocycles. The minimum Gasteiger partial charge on any atom is -0.481 e. The van der Waals surface area contributed by atoms with Crippen LogP contribution in [-0.4, -0.2) is 34.9 Å². The molecule has 122 valence electrons. The van der Waals surface area contributed by atoms with Gasteiger partial charge in [-0.25, -0.2) is 9.97 Å². The summed E-state index contributed by atoms with van der Waals surface area (Å²) in [6.45, 7) is 5.94. The molecule has 0 aromatic carbocycles. The van der Waals surface area contributed by atoms with Gasteiger partial charge in [0.05, 0.1) is 19.9 Å². The van der Waals surface area contributed by atoms with Crippen LogP contribution in [0.15, 0.2) is 23.6 Å². The van der Waals surface area contributed by atoms with Crippen LogP contribution in [-0.2, 0) is 11.4 Å². The molecule has 2 heterocycles. The quantitative estimate of drug-likeness (QED) is 0.601. The van der Waals surface area contributed by atoms with Crippen molar-refractivity contribution in [2.24, 2.45) is 5.16 Å². The number of nitrogens with zero attached hydrogens (tertiary/aromatic N) is 4. The van der Waals surface area contributed by atoms with E-state index < -0.39 is 0 Å². The molecule has 7 nitrogen and oxygen atoms in total. The molecule has 2 aromatic heterocycles. The van der Waals surface area contributed by atoms with E-state index in [1.54, 1.807) is 0 Å². The van der Waals surface area contributed by atoms with Crippen molar-refractivity contribution in [3.05, 3.63) is 41.0 Å². The molecule has 0 saturated heterocycles. The van der Waals surface area contributed by atoms with E-state index in [1.165, 1.54) is 20.5 Å². The zero-order chi connectivity index (χ0) is 16.8. The van der Waals surface area contributed by atoms with E-state index in [4.69, 9.17) is 14.3 Å². The van der Waals surface area contributed by atoms with Gasteiger partial charge in [0.15, 0.2) is 6.61 Å². The van der Waals surface area contributed by atoms with Crippen LogP contribution in [0.5, 0.6) is 11.8 Å². The molecule has 0 aliphatic carbocycles. The summed E-state index contributed by atoms with van der Waals surface area (Å²) in [7, 11) is 3.05. The first-order chi connectivity index (χ1) is 11.0. The predicted molar refractivity (Wildman–Crippen MR) is 85.8 cm³/mol. The Balaban J connectivity index is 2.15. The number of methoxy groups -OCH3 is 2. The summed E-state index contributed by atoms with van der Waals surface area (Å²) in [5.74, 6) is 0.795. The lowest BCUT2D eigenvalue weighted by atomic mass is 10.2. The number of aromatic nitrogens is 3. The van der Waals surface area contributed by atoms with Crippen LogP contribution >= 0.6 is 0 Å². The average molecular weight is 316 g/mol. The van der Waals surface area contributed by atoms with E-state index in [-0.39, 0.29) is 6.61 Å². The lowest BCUT2D eigenvalue weighted by molar-refractivity contribution is 0.125. The van der Waals surface area contributed by atoms with Gasteiger partial charge in [0.2, 0.25) is 11.8 Å². The molecular weight excluding hydrogens is 296 g/mol. The number of hydrogen-bond acceptors (Lipinski definition) is 7. The summed E-state index contributed by atoms with van der Waals surface area (Å²) in [5.41, 5.74) is 4.14. The summed E-state index contributed by atoms with van der Waals surface area (Å²) in [5, 5.41) is 4.11. The molecule has 0 amide bonds. The number of aryl methyl sites for hydroxylation is 2. The van der Waals surface area contributed by atoms with Gasteiger partial charge in [-0.05, 0) is 38.5 Å². The number of pyridine rings is 1. The Bertz CT molecular complexity index is 674. The van der Waals surface area contributed by atoms with Gasteiger partial charge < -0.3 is 14.3 Å². The Morgan fingerprint density at radius 2 is 1.74 bits per heavy atom. The molecule has 7 heteroatoms. The van der Waals surface area contributed by atoms with Gasteiger partial charge in [-0.15, -0.1) is 0 Å². The van der Waals surface area contributed by atoms with Gasteiger partial charge in [-0.3, -0.25) is 4.98 Å². The second-order valence-corrected chi connectivity index (χ2v) is 4.99. The highest BCUT2D eigenvalue weighted by Crippen LogP contribution is 2.24. The first-order valence-corrected chi connectivity index (χ1v) is 7.09. The maximum Gasteiger partial charge on any atom is 0.226 e. The molecule has 2 aromatic rings. The minimum atomic E-state index is 0.134. The fourth-order valence-electron chi connectivity index (χ4n) is 2.12. The molecule has 23 heavy (non-hydrogen) atoms. The van der Waals surface area contributed by atoms with Crippen molar-refractivity contribution >= 4 is 5.71 Å². The van der Waals surface area contributed by atoms with Crippen molar-refractivity contribution in [3.63, 3.8) is 0 Å². The van der Waals surface area contributed by atoms with E-state index in [1.807, 2.05) is 32.9 Å². The van der Waals surface area contributed by atoms with E-state index in [2.05, 4.69) is 20.1 Å². The van der Waals surface area contributed by atoms with Crippen LogP contribution in [0.1, 0.15) is 29.4 Å². The summed E-state index contributed by atoms with van der Waals surface area (Å²) < 4.78 is 10.4. The maximum absolute atomic E-state index is 5.41. The molecule has 0 radical (unpaired) electrons. The Hall–Kier alpha value is -2.70. The normalized spacial score (nSPS) is 11.3. The summed E-state index contributed by atoms with van der Waals surface area (Å²) in [4.78, 5) is 17.9. The second-order valence-electron chi connectivity index (χ2n) is 4.99. The molecule has 0 aliphatic rings. The van der Waals surface area contributed by atoms with Gasteiger partial charge in [-0.2, -0.15) is 0 Å². The predicted octanol–water partition coefficient (Wildman–Crippen LogP) is 2.45. The molecule has 0 N–H and O–H groups in total. The SMILES string of the molecule is COc1ncnc(OC)c1CO/N=C(\C)c1cc(C)cc(C)n1. The Kier molecular flexibility index (Phi) is 5.46. The average Bonchev–Trinajstić information content (AvgIpc) is 2.53. The van der Waals surface area contributed by atoms with Crippen LogP contribution in [0.3, 0.4) is 0 Å². The van der Waals surface area contributed by atoms with E-state index in [9.17, 15) is 0 Å². The van der Waals surface area contributed by atoms with Crippen molar-refractivity contribution in [2.45, 2.75) is 27.4 Å². The first kappa shape index (κ1) is 16.7. The monoisotopic (exact) mass is 316 g/mol. The van der Waals surface area contributed by atoms with Crippen molar-refractivity contribution in [1.29, 1.82) is 0 Å². The molecule has 0 atom stereocenters. The lowest BCUT2D eigenvalue weighted by Crippen LogP contribution is -2.04. The summed E-state index contributed by atoms with van der Waals surface area (Å²) in [6, 6.07) is 3.97. The van der Waals surface area contributed by atoms with E-state index in [0.717, 1.165) is 17.0 Å². The number of hydrogen-bond donors (Lipinski definition) is 0. The molecular formula is C16H20N4O3. The minimum absolute atomic E-state index is 0.134. The fourth-order valence-corrected chi connectivity index (χ4v) is 2.12. The van der Waals surface area contributed by atoms with Gasteiger partial charge in [0.25, 0.3) is 0 Å². The number of rotatable bonds is 6. The third-order valence-corrected chi connectivity index (χ3v) is 3.13. The zero-order valence-corrected chi connectivity index (χ0v) is 14.0. The third kappa shape index (κ3) is 4.15. The highest BCUT2D eigenvalue weighted by Gasteiger charge is 2.13. The van der Waals surface area contributed by atoms with Gasteiger partial charge >= 0.3 is 0 Å². The van der Waals surface area contributed by atoms with Crippen LogP contribution < -0.4 is 9.47 Å². The molecule has 0 spiro atoms. The van der Waals surface area contributed by atoms with E-state index in [0.29, 0.717) is 23.0 Å². The topological polar surface area (TPSA) is 78.7 Å². The summed E-state index contributed by atoms with van der Waals surface area (Å²) >= 11 is 0. The third-order valence-electron chi connectivity index (χ3n) is 3.13. The molecule has 0 unspecified atom stereocenters. The largest absolute Gasteiger partial charge is 0.481 e. The van der Waals surface area contributed by atoms with Crippen molar-refractivity contribution in [2.75, 3.05) is 14.2 Å². The van der Waals surface area contributed by atoms with E-state index >= 15 is 0 Å². The van der Waals surface area contributed by atoms with Crippen LogP contribution in [0.4, 0.5) is 0 Å². The van der Waals surface area contributed by atoms with Crippen molar-refractivity contribution in [1.82, 2.24) is 15.0 Å². The highest BCUT2D eigenvalue weighted by atomic mass is 16.6. The molecule has 0 fully saturated rings. The molecule has 0 saturated carbocycles. The Morgan fingerprint density at radius 3 is 2.30 bits per heavy atom. The Labute approximate surface area is 135 Å². The highest BCUT2D eigenvalue weighted by molar-refractivity contribution is 5.96. The lowest BCUT2D eigenvalue weighted by Gasteiger charge is -2.10. The van der Waals surface area contributed by atoms with Gasteiger partial charge in [0, 0.05) is 5.69 Å². The van der Waals surface area contributed by atoms with Crippen LogP contribution in [0, 0.1) is 13.8 Å². The molecule has 2 rings (SSSR count). The van der Waals surface area contributed by atoms with Gasteiger partial charge in [0.1, 0.15) is 17.6 Å². The first-order valence-electron chi connectivity index (χ1n) is 7.09. The maximum atomic E-state index is 5.41. The van der Waals surface area contributed by atoms with Crippen molar-refractivity contribution < 1.29 is 14.3 Å². The summed E-state index contributed by atoms with van der Waals surface area (Å²) in [6.07, 6.45) is 1.37.